The molecule has 1 aliphatic carbocycles. The predicted molar refractivity (Wildman–Crippen MR) is 84.7 cm³/mol. The monoisotopic (exact) mass is 322 g/mol. The largest absolute Gasteiger partial charge is 0.354 e. The number of carbonyl (C=O) groups is 3. The molecule has 0 spiro atoms. The molecule has 0 bridgehead atoms. The van der Waals surface area contributed by atoms with Crippen LogP contribution in [0.15, 0.2) is 0 Å². The minimum absolute atomic E-state index is 0.00281. The summed E-state index contributed by atoms with van der Waals surface area (Å²) >= 11 is 0. The van der Waals surface area contributed by atoms with E-state index in [1.807, 2.05) is 4.90 Å². The zero-order valence-electron chi connectivity index (χ0n) is 13.6. The zero-order valence-corrected chi connectivity index (χ0v) is 13.6. The minimum atomic E-state index is -0.265. The van der Waals surface area contributed by atoms with Crippen LogP contribution in [0.2, 0.25) is 0 Å². The van der Waals surface area contributed by atoms with Gasteiger partial charge in [0.2, 0.25) is 11.8 Å². The molecule has 2 saturated heterocycles. The Labute approximate surface area is 136 Å². The molecule has 2 aliphatic heterocycles. The van der Waals surface area contributed by atoms with Crippen LogP contribution in [-0.2, 0) is 9.59 Å². The van der Waals surface area contributed by atoms with Crippen LogP contribution in [0, 0.1) is 5.92 Å². The first kappa shape index (κ1) is 16.2. The van der Waals surface area contributed by atoms with Gasteiger partial charge in [0.15, 0.2) is 0 Å². The van der Waals surface area contributed by atoms with Crippen LogP contribution >= 0.6 is 0 Å². The molecule has 0 radical (unpaired) electrons. The predicted octanol–water partition coefficient (Wildman–Crippen LogP) is 0.309. The van der Waals surface area contributed by atoms with Crippen LogP contribution < -0.4 is 10.6 Å². The third kappa shape index (κ3) is 4.02. The number of carbonyl (C=O) groups excluding carboxylic acids is 3. The van der Waals surface area contributed by atoms with E-state index in [0.717, 1.165) is 19.4 Å². The summed E-state index contributed by atoms with van der Waals surface area (Å²) in [7, 11) is 0. The molecule has 3 aliphatic rings. The molecule has 4 amide bonds. The Bertz CT molecular complexity index is 458. The number of nitrogens with zero attached hydrogens (tertiary/aromatic N) is 2. The van der Waals surface area contributed by atoms with Gasteiger partial charge in [-0.1, -0.05) is 19.3 Å². The van der Waals surface area contributed by atoms with Crippen molar-refractivity contribution < 1.29 is 14.4 Å². The molecule has 3 fully saturated rings. The van der Waals surface area contributed by atoms with Crippen molar-refractivity contribution in [3.05, 3.63) is 0 Å². The molecule has 7 nitrogen and oxygen atoms in total. The zero-order chi connectivity index (χ0) is 16.2. The first-order valence-electron chi connectivity index (χ1n) is 8.73. The van der Waals surface area contributed by atoms with Gasteiger partial charge in [0, 0.05) is 38.6 Å². The molecule has 1 atom stereocenters. The normalized spacial score (nSPS) is 27.7. The molecule has 2 N–H and O–H groups in total. The summed E-state index contributed by atoms with van der Waals surface area (Å²) in [5.41, 5.74) is 0. The van der Waals surface area contributed by atoms with Crippen molar-refractivity contribution in [1.82, 2.24) is 20.4 Å². The molecule has 0 aromatic carbocycles. The van der Waals surface area contributed by atoms with Gasteiger partial charge >= 0.3 is 6.03 Å². The lowest BCUT2D eigenvalue weighted by Crippen LogP contribution is -2.59. The SMILES string of the molecule is O=C1CN(CCN2C(=O)C[C@H](C3CCCCC3)NC2=O)CCN1. The van der Waals surface area contributed by atoms with Gasteiger partial charge in [0.05, 0.1) is 6.54 Å². The van der Waals surface area contributed by atoms with E-state index in [-0.39, 0.29) is 23.9 Å². The fourth-order valence-electron chi connectivity index (χ4n) is 3.87. The highest BCUT2D eigenvalue weighted by Gasteiger charge is 2.36. The number of nitrogens with one attached hydrogen (secondary N) is 2. The maximum atomic E-state index is 12.4. The quantitative estimate of drug-likeness (QED) is 0.780. The number of hydrogen-bond acceptors (Lipinski definition) is 4. The van der Waals surface area contributed by atoms with Crippen molar-refractivity contribution in [2.24, 2.45) is 5.92 Å². The first-order valence-corrected chi connectivity index (χ1v) is 8.73. The fraction of sp³-hybridized carbons (Fsp3) is 0.812. The Kier molecular flexibility index (Phi) is 5.15. The Morgan fingerprint density at radius 3 is 2.52 bits per heavy atom. The van der Waals surface area contributed by atoms with E-state index in [4.69, 9.17) is 0 Å². The summed E-state index contributed by atoms with van der Waals surface area (Å²) in [6, 6.07) is -0.259. The Morgan fingerprint density at radius 1 is 1.04 bits per heavy atom. The fourth-order valence-corrected chi connectivity index (χ4v) is 3.87. The third-order valence-corrected chi connectivity index (χ3v) is 5.23. The molecule has 7 heteroatoms. The maximum absolute atomic E-state index is 12.4. The molecule has 0 unspecified atom stereocenters. The topological polar surface area (TPSA) is 81.8 Å². The van der Waals surface area contributed by atoms with Crippen molar-refractivity contribution >= 4 is 17.8 Å². The van der Waals surface area contributed by atoms with E-state index in [1.54, 1.807) is 0 Å². The highest BCUT2D eigenvalue weighted by Crippen LogP contribution is 2.29. The van der Waals surface area contributed by atoms with Gasteiger partial charge in [-0.3, -0.25) is 19.4 Å². The highest BCUT2D eigenvalue weighted by molar-refractivity contribution is 5.97. The second-order valence-corrected chi connectivity index (χ2v) is 6.83. The van der Waals surface area contributed by atoms with Crippen LogP contribution in [0.1, 0.15) is 38.5 Å². The molecule has 0 aromatic rings. The van der Waals surface area contributed by atoms with E-state index < -0.39 is 0 Å². The highest BCUT2D eigenvalue weighted by atomic mass is 16.2. The molecule has 23 heavy (non-hydrogen) atoms. The minimum Gasteiger partial charge on any atom is -0.354 e. The van der Waals surface area contributed by atoms with Gasteiger partial charge in [0.1, 0.15) is 0 Å². The molecular formula is C16H26N4O3. The second-order valence-electron chi connectivity index (χ2n) is 6.83. The van der Waals surface area contributed by atoms with Crippen molar-refractivity contribution in [2.45, 2.75) is 44.6 Å². The van der Waals surface area contributed by atoms with E-state index >= 15 is 0 Å². The van der Waals surface area contributed by atoms with Crippen LogP contribution in [0.25, 0.3) is 0 Å². The Balaban J connectivity index is 1.50. The first-order chi connectivity index (χ1) is 11.1. The molecule has 0 aromatic heterocycles. The summed E-state index contributed by atoms with van der Waals surface area (Å²) in [5.74, 6) is 0.374. The molecule has 1 saturated carbocycles. The number of imide groups is 1. The summed E-state index contributed by atoms with van der Waals surface area (Å²) in [6.07, 6.45) is 6.30. The Morgan fingerprint density at radius 2 is 1.83 bits per heavy atom. The van der Waals surface area contributed by atoms with Gasteiger partial charge in [-0.15, -0.1) is 0 Å². The summed E-state index contributed by atoms with van der Waals surface area (Å²) in [5, 5.41) is 5.80. The smallest absolute Gasteiger partial charge is 0.324 e. The number of piperazine rings is 1. The average Bonchev–Trinajstić information content (AvgIpc) is 2.55. The van der Waals surface area contributed by atoms with E-state index in [9.17, 15) is 14.4 Å². The number of hydrogen-bond donors (Lipinski definition) is 2. The van der Waals surface area contributed by atoms with Crippen LogP contribution in [0.5, 0.6) is 0 Å². The third-order valence-electron chi connectivity index (χ3n) is 5.23. The van der Waals surface area contributed by atoms with Gasteiger partial charge in [-0.05, 0) is 18.8 Å². The van der Waals surface area contributed by atoms with Gasteiger partial charge < -0.3 is 10.6 Å². The van der Waals surface area contributed by atoms with Gasteiger partial charge in [-0.2, -0.15) is 0 Å². The van der Waals surface area contributed by atoms with E-state index in [1.165, 1.54) is 24.2 Å². The van der Waals surface area contributed by atoms with Gasteiger partial charge in [0.25, 0.3) is 0 Å². The van der Waals surface area contributed by atoms with Gasteiger partial charge in [-0.25, -0.2) is 4.79 Å². The Hall–Kier alpha value is -1.63. The summed E-state index contributed by atoms with van der Waals surface area (Å²) in [4.78, 5) is 39.3. The number of amides is 4. The lowest BCUT2D eigenvalue weighted by molar-refractivity contribution is -0.131. The van der Waals surface area contributed by atoms with Crippen LogP contribution in [-0.4, -0.2) is 66.4 Å². The maximum Gasteiger partial charge on any atom is 0.324 e. The molecular weight excluding hydrogens is 296 g/mol. The van der Waals surface area contributed by atoms with Crippen molar-refractivity contribution in [2.75, 3.05) is 32.7 Å². The average molecular weight is 322 g/mol. The standard InChI is InChI=1S/C16H26N4O3/c21-14-11-19(7-6-17-14)8-9-20-15(22)10-13(18-16(20)23)12-4-2-1-3-5-12/h12-13H,1-11H2,(H,17,21)(H,18,23)/t13-/m1/s1. The molecule has 3 rings (SSSR count). The lowest BCUT2D eigenvalue weighted by atomic mass is 9.82. The van der Waals surface area contributed by atoms with Crippen molar-refractivity contribution in [1.29, 1.82) is 0 Å². The van der Waals surface area contributed by atoms with Crippen LogP contribution in [0.3, 0.4) is 0 Å². The summed E-state index contributed by atoms with van der Waals surface area (Å²) < 4.78 is 0. The number of urea groups is 1. The van der Waals surface area contributed by atoms with Crippen molar-refractivity contribution in [3.8, 4) is 0 Å². The lowest BCUT2D eigenvalue weighted by Gasteiger charge is -2.37. The molecule has 128 valence electrons. The van der Waals surface area contributed by atoms with Crippen LogP contribution in [0.4, 0.5) is 4.79 Å². The molecule has 2 heterocycles. The summed E-state index contributed by atoms with van der Waals surface area (Å²) in [6.45, 7) is 2.65. The second kappa shape index (κ2) is 7.29. The van der Waals surface area contributed by atoms with E-state index in [0.29, 0.717) is 38.5 Å². The van der Waals surface area contributed by atoms with E-state index in [2.05, 4.69) is 10.6 Å². The van der Waals surface area contributed by atoms with Crippen molar-refractivity contribution in [3.63, 3.8) is 0 Å². The number of rotatable bonds is 4.